The van der Waals surface area contributed by atoms with Gasteiger partial charge < -0.3 is 4.52 Å². The zero-order chi connectivity index (χ0) is 18.3. The van der Waals surface area contributed by atoms with Gasteiger partial charge in [0.25, 0.3) is 0 Å². The van der Waals surface area contributed by atoms with Crippen molar-refractivity contribution in [3.8, 4) is 11.3 Å². The van der Waals surface area contributed by atoms with Gasteiger partial charge in [-0.05, 0) is 22.3 Å². The van der Waals surface area contributed by atoms with E-state index in [1.165, 1.54) is 0 Å². The Morgan fingerprint density at radius 2 is 1.30 bits per heavy atom. The van der Waals surface area contributed by atoms with E-state index in [4.69, 9.17) is 4.52 Å². The summed E-state index contributed by atoms with van der Waals surface area (Å²) in [6.07, 6.45) is 10.0. The molecule has 0 N–H and O–H groups in total. The number of nitrogens with zero attached hydrogens (tertiary/aromatic N) is 2. The lowest BCUT2D eigenvalue weighted by atomic mass is 9.97. The molecular weight excluding hydrogens is 332 g/mol. The first-order valence-corrected chi connectivity index (χ1v) is 8.77. The summed E-state index contributed by atoms with van der Waals surface area (Å²) in [5.41, 5.74) is 6.18. The van der Waals surface area contributed by atoms with Gasteiger partial charge in [0.2, 0.25) is 0 Å². The normalized spacial score (nSPS) is 11.4. The Kier molecular flexibility index (Phi) is 5.02. The Labute approximate surface area is 158 Å². The van der Waals surface area contributed by atoms with Gasteiger partial charge in [0.15, 0.2) is 6.26 Å². The minimum absolute atomic E-state index is 0.720. The lowest BCUT2D eigenvalue weighted by Gasteiger charge is -2.07. The molecule has 0 aliphatic heterocycles. The van der Waals surface area contributed by atoms with Gasteiger partial charge in [-0.3, -0.25) is 0 Å². The Hall–Kier alpha value is -3.72. The van der Waals surface area contributed by atoms with Crippen molar-refractivity contribution in [3.05, 3.63) is 107 Å². The van der Waals surface area contributed by atoms with Crippen molar-refractivity contribution in [1.29, 1.82) is 0 Å². The first kappa shape index (κ1) is 16.7. The molecule has 0 atom stereocenters. The highest BCUT2D eigenvalue weighted by molar-refractivity contribution is 5.86. The van der Waals surface area contributed by atoms with Crippen molar-refractivity contribution in [2.75, 3.05) is 0 Å². The highest BCUT2D eigenvalue weighted by Gasteiger charge is 2.09. The smallest absolute Gasteiger partial charge is 0.152 e. The summed E-state index contributed by atoms with van der Waals surface area (Å²) in [7, 11) is 0. The second-order valence-electron chi connectivity index (χ2n) is 6.09. The summed E-state index contributed by atoms with van der Waals surface area (Å²) >= 11 is 0. The third kappa shape index (κ3) is 4.10. The number of rotatable bonds is 5. The van der Waals surface area contributed by atoms with Gasteiger partial charge in [0.05, 0.1) is 0 Å². The van der Waals surface area contributed by atoms with Crippen LogP contribution in [0.15, 0.2) is 89.6 Å². The van der Waals surface area contributed by atoms with Crippen molar-refractivity contribution in [3.63, 3.8) is 0 Å². The van der Waals surface area contributed by atoms with Crippen LogP contribution in [-0.2, 0) is 0 Å². The van der Waals surface area contributed by atoms with Crippen LogP contribution in [0.5, 0.6) is 0 Å². The SMILES string of the molecule is C(=Cc1cccc(-c2conn2)c1C=Cc1ccccc1)c1ccccc1. The van der Waals surface area contributed by atoms with Crippen LogP contribution in [0, 0.1) is 0 Å². The van der Waals surface area contributed by atoms with Gasteiger partial charge in [0.1, 0.15) is 5.69 Å². The minimum atomic E-state index is 0.720. The van der Waals surface area contributed by atoms with E-state index < -0.39 is 0 Å². The number of hydrogen-bond donors (Lipinski definition) is 0. The maximum absolute atomic E-state index is 4.95. The average Bonchev–Trinajstić information content (AvgIpc) is 3.27. The van der Waals surface area contributed by atoms with E-state index in [1.54, 1.807) is 6.26 Å². The molecule has 0 radical (unpaired) electrons. The van der Waals surface area contributed by atoms with E-state index >= 15 is 0 Å². The molecule has 4 aromatic rings. The topological polar surface area (TPSA) is 38.9 Å². The fourth-order valence-electron chi connectivity index (χ4n) is 2.91. The van der Waals surface area contributed by atoms with Crippen molar-refractivity contribution in [1.82, 2.24) is 10.4 Å². The summed E-state index contributed by atoms with van der Waals surface area (Å²) in [5.74, 6) is 0. The van der Waals surface area contributed by atoms with Gasteiger partial charge in [-0.15, -0.1) is 5.10 Å². The van der Waals surface area contributed by atoms with E-state index in [9.17, 15) is 0 Å². The lowest BCUT2D eigenvalue weighted by molar-refractivity contribution is 0.393. The minimum Gasteiger partial charge on any atom is -0.345 e. The van der Waals surface area contributed by atoms with E-state index in [1.807, 2.05) is 48.5 Å². The molecule has 3 nitrogen and oxygen atoms in total. The molecule has 3 aromatic carbocycles. The van der Waals surface area contributed by atoms with Crippen molar-refractivity contribution in [2.24, 2.45) is 0 Å². The van der Waals surface area contributed by atoms with Gasteiger partial charge in [-0.25, -0.2) is 0 Å². The van der Waals surface area contributed by atoms with Gasteiger partial charge >= 0.3 is 0 Å². The molecule has 0 bridgehead atoms. The molecule has 0 saturated carbocycles. The third-order valence-corrected chi connectivity index (χ3v) is 4.27. The highest BCUT2D eigenvalue weighted by Crippen LogP contribution is 2.28. The monoisotopic (exact) mass is 350 g/mol. The summed E-state index contributed by atoms with van der Waals surface area (Å²) in [6.45, 7) is 0. The van der Waals surface area contributed by atoms with Crippen LogP contribution in [0.4, 0.5) is 0 Å². The largest absolute Gasteiger partial charge is 0.345 e. The Bertz CT molecular complexity index is 1050. The van der Waals surface area contributed by atoms with Crippen LogP contribution < -0.4 is 0 Å². The standard InChI is InChI=1S/C24H18N2O/c1-3-8-19(9-4-1)14-16-21-12-7-13-23(24-18-27-26-25-24)22(21)17-15-20-10-5-2-6-11-20/h1-18H. The molecule has 4 rings (SSSR count). The quantitative estimate of drug-likeness (QED) is 0.410. The van der Waals surface area contributed by atoms with Crippen LogP contribution in [0.1, 0.15) is 22.3 Å². The molecule has 0 unspecified atom stereocenters. The number of aromatic nitrogens is 2. The predicted octanol–water partition coefficient (Wildman–Crippen LogP) is 6.08. The van der Waals surface area contributed by atoms with Gasteiger partial charge in [-0.1, -0.05) is 103 Å². The molecule has 0 aliphatic carbocycles. The fraction of sp³-hybridized carbons (Fsp3) is 0. The first-order valence-electron chi connectivity index (χ1n) is 8.77. The summed E-state index contributed by atoms with van der Waals surface area (Å²) < 4.78 is 4.95. The van der Waals surface area contributed by atoms with Crippen molar-refractivity contribution >= 4 is 24.3 Å². The zero-order valence-electron chi connectivity index (χ0n) is 14.7. The van der Waals surface area contributed by atoms with Crippen LogP contribution in [0.2, 0.25) is 0 Å². The van der Waals surface area contributed by atoms with Crippen molar-refractivity contribution in [2.45, 2.75) is 0 Å². The zero-order valence-corrected chi connectivity index (χ0v) is 14.7. The molecule has 130 valence electrons. The average molecular weight is 350 g/mol. The maximum Gasteiger partial charge on any atom is 0.152 e. The van der Waals surface area contributed by atoms with E-state index in [2.05, 4.69) is 65.0 Å². The summed E-state index contributed by atoms with van der Waals surface area (Å²) in [5, 5.41) is 7.70. The molecule has 1 aromatic heterocycles. The Morgan fingerprint density at radius 3 is 1.93 bits per heavy atom. The van der Waals surface area contributed by atoms with Crippen LogP contribution in [0.25, 0.3) is 35.6 Å². The third-order valence-electron chi connectivity index (χ3n) is 4.27. The molecule has 0 fully saturated rings. The molecular formula is C24H18N2O. The van der Waals surface area contributed by atoms with E-state index in [-0.39, 0.29) is 0 Å². The van der Waals surface area contributed by atoms with E-state index in [0.717, 1.165) is 33.5 Å². The highest BCUT2D eigenvalue weighted by atomic mass is 16.5. The summed E-state index contributed by atoms with van der Waals surface area (Å²) in [6, 6.07) is 26.6. The van der Waals surface area contributed by atoms with Gasteiger partial charge in [0, 0.05) is 10.8 Å². The molecule has 0 amide bonds. The molecule has 3 heteroatoms. The number of hydrogen-bond acceptors (Lipinski definition) is 3. The second kappa shape index (κ2) is 8.11. The lowest BCUT2D eigenvalue weighted by Crippen LogP contribution is -1.88. The molecule has 27 heavy (non-hydrogen) atoms. The molecule has 1 heterocycles. The van der Waals surface area contributed by atoms with Crippen LogP contribution in [-0.4, -0.2) is 10.4 Å². The maximum atomic E-state index is 4.95. The molecule has 0 saturated heterocycles. The Balaban J connectivity index is 1.77. The first-order chi connectivity index (χ1) is 13.4. The van der Waals surface area contributed by atoms with Gasteiger partial charge in [-0.2, -0.15) is 0 Å². The fourth-order valence-corrected chi connectivity index (χ4v) is 2.91. The van der Waals surface area contributed by atoms with Crippen LogP contribution >= 0.6 is 0 Å². The molecule has 0 aliphatic rings. The number of benzene rings is 3. The predicted molar refractivity (Wildman–Crippen MR) is 110 cm³/mol. The summed E-state index contributed by atoms with van der Waals surface area (Å²) in [4.78, 5) is 0. The molecule has 0 spiro atoms. The second-order valence-corrected chi connectivity index (χ2v) is 6.09. The van der Waals surface area contributed by atoms with E-state index in [0.29, 0.717) is 0 Å². The van der Waals surface area contributed by atoms with Crippen LogP contribution in [0.3, 0.4) is 0 Å². The van der Waals surface area contributed by atoms with Crippen molar-refractivity contribution < 1.29 is 4.52 Å². The Morgan fingerprint density at radius 1 is 0.630 bits per heavy atom.